The summed E-state index contributed by atoms with van der Waals surface area (Å²) in [5, 5.41) is 5.81. The van der Waals surface area contributed by atoms with Gasteiger partial charge in [-0.15, -0.1) is 11.8 Å². The Kier molecular flexibility index (Phi) is 8.69. The fraction of sp³-hybridized carbons (Fsp3) is 0.233. The second-order valence-electron chi connectivity index (χ2n) is 9.43. The van der Waals surface area contributed by atoms with Gasteiger partial charge in [-0.3, -0.25) is 9.69 Å². The highest BCUT2D eigenvalue weighted by molar-refractivity contribution is 7.98. The van der Waals surface area contributed by atoms with E-state index in [0.717, 1.165) is 48.9 Å². The Hall–Kier alpha value is -3.86. The van der Waals surface area contributed by atoms with Crippen LogP contribution in [0.3, 0.4) is 0 Å². The number of benzene rings is 3. The highest BCUT2D eigenvalue weighted by Gasteiger charge is 2.16. The number of nitrogens with one attached hydrogen (secondary N) is 2. The smallest absolute Gasteiger partial charge is 0.255 e. The summed E-state index contributed by atoms with van der Waals surface area (Å²) >= 11 is 1.46. The molecule has 1 amide bonds. The third-order valence-corrected chi connectivity index (χ3v) is 7.37. The maximum atomic E-state index is 15.1. The number of ether oxygens (including phenoxy) is 1. The number of morpholine rings is 1. The summed E-state index contributed by atoms with van der Waals surface area (Å²) in [7, 11) is 0. The molecule has 1 fully saturated rings. The standard InChI is InChI=1S/C30H29F2N5O2S/c1-19-3-4-20(18-37-11-13-39-14-12-37)15-26(19)34-29(38)22-7-10-25(24(32)16-22)35-30-33-17-27(40-2)28(36-30)21-5-8-23(31)9-6-21/h3-10,15-17H,11-14,18H2,1-2H3,(H,34,38)(H,33,35,36). The van der Waals surface area contributed by atoms with Crippen molar-refractivity contribution in [2.45, 2.75) is 18.4 Å². The average Bonchev–Trinajstić information content (AvgIpc) is 2.97. The fourth-order valence-corrected chi connectivity index (χ4v) is 4.90. The number of thioether (sulfide) groups is 1. The van der Waals surface area contributed by atoms with Crippen LogP contribution in [0, 0.1) is 18.6 Å². The molecule has 4 aromatic rings. The predicted molar refractivity (Wildman–Crippen MR) is 154 cm³/mol. The summed E-state index contributed by atoms with van der Waals surface area (Å²) in [6, 6.07) is 16.2. The van der Waals surface area contributed by atoms with Crippen LogP contribution in [0.1, 0.15) is 21.5 Å². The molecule has 0 spiro atoms. The zero-order valence-electron chi connectivity index (χ0n) is 22.2. The second kappa shape index (κ2) is 12.5. The van der Waals surface area contributed by atoms with Gasteiger partial charge in [0, 0.05) is 42.6 Å². The summed E-state index contributed by atoms with van der Waals surface area (Å²) in [5.41, 5.74) is 4.32. The van der Waals surface area contributed by atoms with Gasteiger partial charge in [0.25, 0.3) is 5.91 Å². The topological polar surface area (TPSA) is 79.4 Å². The van der Waals surface area contributed by atoms with Crippen LogP contribution in [0.4, 0.5) is 26.1 Å². The van der Waals surface area contributed by atoms with E-state index < -0.39 is 11.7 Å². The van der Waals surface area contributed by atoms with Crippen molar-refractivity contribution in [1.29, 1.82) is 0 Å². The number of amides is 1. The van der Waals surface area contributed by atoms with Crippen LogP contribution >= 0.6 is 11.8 Å². The summed E-state index contributed by atoms with van der Waals surface area (Å²) < 4.78 is 33.9. The highest BCUT2D eigenvalue weighted by atomic mass is 32.2. The van der Waals surface area contributed by atoms with Gasteiger partial charge in [-0.25, -0.2) is 18.7 Å². The molecule has 0 unspecified atom stereocenters. The van der Waals surface area contributed by atoms with Crippen molar-refractivity contribution in [3.05, 3.63) is 95.2 Å². The number of carbonyl (C=O) groups excluding carboxylic acids is 1. The third kappa shape index (κ3) is 6.64. The van der Waals surface area contributed by atoms with E-state index in [0.29, 0.717) is 16.9 Å². The number of nitrogens with zero attached hydrogens (tertiary/aromatic N) is 3. The molecule has 5 rings (SSSR count). The van der Waals surface area contributed by atoms with Crippen LogP contribution in [-0.2, 0) is 11.3 Å². The number of aromatic nitrogens is 2. The Morgan fingerprint density at radius 1 is 1.02 bits per heavy atom. The minimum Gasteiger partial charge on any atom is -0.379 e. The van der Waals surface area contributed by atoms with Gasteiger partial charge >= 0.3 is 0 Å². The van der Waals surface area contributed by atoms with Crippen molar-refractivity contribution < 1.29 is 18.3 Å². The molecule has 206 valence electrons. The number of rotatable bonds is 8. The number of aryl methyl sites for hydroxylation is 1. The molecule has 0 atom stereocenters. The summed E-state index contributed by atoms with van der Waals surface area (Å²) in [4.78, 5) is 24.9. The predicted octanol–water partition coefficient (Wildman–Crippen LogP) is 6.28. The lowest BCUT2D eigenvalue weighted by Crippen LogP contribution is -2.35. The molecule has 10 heteroatoms. The number of carbonyl (C=O) groups is 1. The van der Waals surface area contributed by atoms with E-state index in [4.69, 9.17) is 4.74 Å². The van der Waals surface area contributed by atoms with E-state index in [1.807, 2.05) is 25.3 Å². The molecule has 0 saturated carbocycles. The van der Waals surface area contributed by atoms with Crippen molar-refractivity contribution in [2.24, 2.45) is 0 Å². The van der Waals surface area contributed by atoms with Crippen LogP contribution in [0.25, 0.3) is 11.3 Å². The van der Waals surface area contributed by atoms with Gasteiger partial charge < -0.3 is 15.4 Å². The van der Waals surface area contributed by atoms with Crippen molar-refractivity contribution in [3.63, 3.8) is 0 Å². The van der Waals surface area contributed by atoms with E-state index in [-0.39, 0.29) is 23.0 Å². The molecule has 0 aliphatic carbocycles. The first-order valence-electron chi connectivity index (χ1n) is 12.8. The summed E-state index contributed by atoms with van der Waals surface area (Å²) in [6.45, 7) is 5.87. The Morgan fingerprint density at radius 2 is 1.80 bits per heavy atom. The zero-order valence-corrected chi connectivity index (χ0v) is 23.0. The quantitative estimate of drug-likeness (QED) is 0.245. The van der Waals surface area contributed by atoms with Crippen molar-refractivity contribution >= 4 is 35.0 Å². The first-order valence-corrected chi connectivity index (χ1v) is 14.1. The number of halogens is 2. The van der Waals surface area contributed by atoms with Crippen LogP contribution in [-0.4, -0.2) is 53.3 Å². The largest absolute Gasteiger partial charge is 0.379 e. The van der Waals surface area contributed by atoms with E-state index in [9.17, 15) is 9.18 Å². The van der Waals surface area contributed by atoms with Crippen LogP contribution < -0.4 is 10.6 Å². The van der Waals surface area contributed by atoms with Gasteiger partial charge in [-0.2, -0.15) is 0 Å². The minimum atomic E-state index is -0.619. The average molecular weight is 562 g/mol. The maximum Gasteiger partial charge on any atom is 0.255 e. The monoisotopic (exact) mass is 561 g/mol. The Balaban J connectivity index is 1.30. The molecule has 1 aromatic heterocycles. The van der Waals surface area contributed by atoms with Crippen molar-refractivity contribution in [3.8, 4) is 11.3 Å². The molecule has 2 heterocycles. The van der Waals surface area contributed by atoms with Gasteiger partial charge in [0.1, 0.15) is 11.6 Å². The first kappa shape index (κ1) is 27.7. The Bertz CT molecular complexity index is 1510. The van der Waals surface area contributed by atoms with Gasteiger partial charge in [-0.05, 0) is 72.8 Å². The number of hydrogen-bond acceptors (Lipinski definition) is 7. The molecule has 1 aliphatic heterocycles. The van der Waals surface area contributed by atoms with E-state index in [2.05, 4.69) is 31.6 Å². The van der Waals surface area contributed by atoms with E-state index >= 15 is 4.39 Å². The molecular weight excluding hydrogens is 532 g/mol. The summed E-state index contributed by atoms with van der Waals surface area (Å²) in [5.74, 6) is -1.19. The molecular formula is C30H29F2N5O2S. The fourth-order valence-electron chi connectivity index (χ4n) is 4.39. The SMILES string of the molecule is CSc1cnc(Nc2ccc(C(=O)Nc3cc(CN4CCOCC4)ccc3C)cc2F)nc1-c1ccc(F)cc1. The zero-order chi connectivity index (χ0) is 28.1. The molecule has 1 saturated heterocycles. The Morgan fingerprint density at radius 3 is 2.52 bits per heavy atom. The van der Waals surface area contributed by atoms with Crippen LogP contribution in [0.5, 0.6) is 0 Å². The van der Waals surface area contributed by atoms with Gasteiger partial charge in [-0.1, -0.05) is 12.1 Å². The third-order valence-electron chi connectivity index (χ3n) is 6.63. The summed E-state index contributed by atoms with van der Waals surface area (Å²) in [6.07, 6.45) is 3.53. The molecule has 40 heavy (non-hydrogen) atoms. The van der Waals surface area contributed by atoms with Gasteiger partial charge in [0.15, 0.2) is 0 Å². The van der Waals surface area contributed by atoms with Crippen LogP contribution in [0.15, 0.2) is 71.8 Å². The highest BCUT2D eigenvalue weighted by Crippen LogP contribution is 2.30. The second-order valence-corrected chi connectivity index (χ2v) is 10.3. The number of anilines is 3. The molecule has 2 N–H and O–H groups in total. The van der Waals surface area contributed by atoms with Gasteiger partial charge in [0.05, 0.1) is 29.5 Å². The van der Waals surface area contributed by atoms with Crippen molar-refractivity contribution in [2.75, 3.05) is 43.2 Å². The Labute approximate surface area is 236 Å². The van der Waals surface area contributed by atoms with Crippen molar-refractivity contribution in [1.82, 2.24) is 14.9 Å². The van der Waals surface area contributed by atoms with Crippen LogP contribution in [0.2, 0.25) is 0 Å². The molecule has 1 aliphatic rings. The lowest BCUT2D eigenvalue weighted by molar-refractivity contribution is 0.0342. The minimum absolute atomic E-state index is 0.127. The first-order chi connectivity index (χ1) is 19.4. The lowest BCUT2D eigenvalue weighted by Gasteiger charge is -2.26. The molecule has 3 aromatic carbocycles. The number of hydrogen-bond donors (Lipinski definition) is 2. The normalized spacial score (nSPS) is 13.7. The van der Waals surface area contributed by atoms with Gasteiger partial charge in [0.2, 0.25) is 5.95 Å². The lowest BCUT2D eigenvalue weighted by atomic mass is 10.1. The molecule has 0 bridgehead atoms. The molecule has 7 nitrogen and oxygen atoms in total. The molecule has 0 radical (unpaired) electrons. The van der Waals surface area contributed by atoms with E-state index in [1.165, 1.54) is 36.0 Å². The van der Waals surface area contributed by atoms with E-state index in [1.54, 1.807) is 24.4 Å². The maximum absolute atomic E-state index is 15.1.